The van der Waals surface area contributed by atoms with Crippen molar-refractivity contribution in [1.29, 1.82) is 0 Å². The number of hydrogen-bond donors (Lipinski definition) is 2. The third-order valence-corrected chi connectivity index (χ3v) is 6.15. The van der Waals surface area contributed by atoms with Crippen molar-refractivity contribution in [2.45, 2.75) is 29.1 Å². The van der Waals surface area contributed by atoms with Crippen molar-refractivity contribution in [1.82, 2.24) is 14.7 Å². The van der Waals surface area contributed by atoms with Crippen molar-refractivity contribution in [2.24, 2.45) is 7.05 Å². The van der Waals surface area contributed by atoms with E-state index in [1.165, 1.54) is 23.5 Å². The van der Waals surface area contributed by atoms with Gasteiger partial charge in [-0.05, 0) is 37.7 Å². The Labute approximate surface area is 176 Å². The number of amides is 2. The molecule has 0 radical (unpaired) electrons. The van der Waals surface area contributed by atoms with Crippen molar-refractivity contribution >= 4 is 46.8 Å². The molecular weight excluding hydrogens is 410 g/mol. The summed E-state index contributed by atoms with van der Waals surface area (Å²) < 4.78 is 6.83. The molecule has 0 fully saturated rings. The Hall–Kier alpha value is -2.72. The number of carbonyl (C=O) groups excluding carboxylic acids is 2. The number of thioether (sulfide) groups is 1. The number of nitrogens with one attached hydrogen (secondary N) is 2. The standard InChI is InChI=1S/C19H21N5O3S2/c1-12-10-16(23-27-12)22-18(26)13(2)28-11-17(25)21-14-6-4-5-7-15(14)29-19-20-8-9-24(19)3/h4-10,13H,11H2,1-3H3,(H,21,25)(H,22,23,26). The molecule has 0 saturated carbocycles. The lowest BCUT2D eigenvalue weighted by atomic mass is 10.3. The molecule has 0 spiro atoms. The first kappa shape index (κ1) is 21.0. The number of nitrogens with zero attached hydrogens (tertiary/aromatic N) is 3. The van der Waals surface area contributed by atoms with Gasteiger partial charge >= 0.3 is 0 Å². The van der Waals surface area contributed by atoms with Crippen molar-refractivity contribution in [3.05, 3.63) is 48.5 Å². The summed E-state index contributed by atoms with van der Waals surface area (Å²) in [5.74, 6) is 0.710. The number of para-hydroxylation sites is 1. The van der Waals surface area contributed by atoms with E-state index in [2.05, 4.69) is 20.8 Å². The molecular formula is C19H21N5O3S2. The van der Waals surface area contributed by atoms with Crippen LogP contribution in [0.4, 0.5) is 11.5 Å². The van der Waals surface area contributed by atoms with Gasteiger partial charge < -0.3 is 19.7 Å². The minimum atomic E-state index is -0.421. The van der Waals surface area contributed by atoms with Crippen LogP contribution in [0, 0.1) is 6.92 Å². The number of rotatable bonds is 8. The number of aromatic nitrogens is 3. The molecule has 2 heterocycles. The molecule has 152 valence electrons. The van der Waals surface area contributed by atoms with E-state index in [0.717, 1.165) is 10.1 Å². The number of anilines is 2. The van der Waals surface area contributed by atoms with Gasteiger partial charge in [-0.2, -0.15) is 0 Å². The second-order valence-corrected chi connectivity index (χ2v) is 8.57. The Morgan fingerprint density at radius 3 is 2.76 bits per heavy atom. The number of benzene rings is 1. The summed E-state index contributed by atoms with van der Waals surface area (Å²) in [6, 6.07) is 9.18. The van der Waals surface area contributed by atoms with Crippen LogP contribution in [-0.2, 0) is 16.6 Å². The van der Waals surface area contributed by atoms with Gasteiger partial charge in [-0.1, -0.05) is 17.3 Å². The molecule has 2 aromatic heterocycles. The molecule has 2 amide bonds. The van der Waals surface area contributed by atoms with Crippen LogP contribution in [-0.4, -0.2) is 37.5 Å². The topological polar surface area (TPSA) is 102 Å². The third-order valence-electron chi connectivity index (χ3n) is 3.85. The average molecular weight is 432 g/mol. The summed E-state index contributed by atoms with van der Waals surface area (Å²) in [7, 11) is 1.92. The van der Waals surface area contributed by atoms with Gasteiger partial charge in [-0.3, -0.25) is 9.59 Å². The number of hydrogen-bond acceptors (Lipinski definition) is 7. The van der Waals surface area contributed by atoms with Gasteiger partial charge in [0.05, 0.1) is 16.7 Å². The highest BCUT2D eigenvalue weighted by Gasteiger charge is 2.17. The normalized spacial score (nSPS) is 11.8. The Morgan fingerprint density at radius 1 is 1.28 bits per heavy atom. The molecule has 3 aromatic rings. The van der Waals surface area contributed by atoms with Crippen molar-refractivity contribution < 1.29 is 14.1 Å². The summed E-state index contributed by atoms with van der Waals surface area (Å²) in [4.78, 5) is 29.8. The summed E-state index contributed by atoms with van der Waals surface area (Å²) in [6.45, 7) is 3.49. The zero-order valence-electron chi connectivity index (χ0n) is 16.2. The first-order chi connectivity index (χ1) is 13.9. The van der Waals surface area contributed by atoms with Crippen LogP contribution < -0.4 is 10.6 Å². The third kappa shape index (κ3) is 5.88. The highest BCUT2D eigenvalue weighted by atomic mass is 32.2. The van der Waals surface area contributed by atoms with Gasteiger partial charge in [0.1, 0.15) is 5.76 Å². The van der Waals surface area contributed by atoms with Gasteiger partial charge in [-0.15, -0.1) is 11.8 Å². The van der Waals surface area contributed by atoms with Crippen LogP contribution in [0.3, 0.4) is 0 Å². The quantitative estimate of drug-likeness (QED) is 0.562. The van der Waals surface area contributed by atoms with Gasteiger partial charge in [0.25, 0.3) is 0 Å². The Morgan fingerprint density at radius 2 is 2.07 bits per heavy atom. The fraction of sp³-hybridized carbons (Fsp3) is 0.263. The second-order valence-electron chi connectivity index (χ2n) is 6.23. The van der Waals surface area contributed by atoms with Crippen LogP contribution in [0.25, 0.3) is 0 Å². The Balaban J connectivity index is 1.53. The molecule has 0 aliphatic rings. The van der Waals surface area contributed by atoms with Gasteiger partial charge in [0, 0.05) is 30.4 Å². The van der Waals surface area contributed by atoms with E-state index in [1.807, 2.05) is 42.1 Å². The molecule has 1 aromatic carbocycles. The first-order valence-corrected chi connectivity index (χ1v) is 10.7. The van der Waals surface area contributed by atoms with E-state index in [9.17, 15) is 9.59 Å². The molecule has 3 rings (SSSR count). The Kier molecular flexibility index (Phi) is 6.99. The fourth-order valence-corrected chi connectivity index (χ4v) is 3.90. The SMILES string of the molecule is Cc1cc(NC(=O)C(C)SCC(=O)Nc2ccccc2Sc2nccn2C)no1. The number of aryl methyl sites for hydroxylation is 2. The molecule has 0 saturated heterocycles. The average Bonchev–Trinajstić information content (AvgIpc) is 3.29. The van der Waals surface area contributed by atoms with Crippen LogP contribution >= 0.6 is 23.5 Å². The van der Waals surface area contributed by atoms with Gasteiger partial charge in [0.15, 0.2) is 11.0 Å². The van der Waals surface area contributed by atoms with E-state index in [4.69, 9.17) is 4.52 Å². The van der Waals surface area contributed by atoms with E-state index >= 15 is 0 Å². The van der Waals surface area contributed by atoms with E-state index < -0.39 is 5.25 Å². The highest BCUT2D eigenvalue weighted by molar-refractivity contribution is 8.01. The van der Waals surface area contributed by atoms with Gasteiger partial charge in [-0.25, -0.2) is 4.98 Å². The predicted octanol–water partition coefficient (Wildman–Crippen LogP) is 3.57. The van der Waals surface area contributed by atoms with Crippen molar-refractivity contribution in [3.63, 3.8) is 0 Å². The van der Waals surface area contributed by atoms with Gasteiger partial charge in [0.2, 0.25) is 11.8 Å². The summed E-state index contributed by atoms with van der Waals surface area (Å²) >= 11 is 2.72. The van der Waals surface area contributed by atoms with Crippen molar-refractivity contribution in [2.75, 3.05) is 16.4 Å². The highest BCUT2D eigenvalue weighted by Crippen LogP contribution is 2.32. The van der Waals surface area contributed by atoms with Crippen molar-refractivity contribution in [3.8, 4) is 0 Å². The number of imidazole rings is 1. The molecule has 10 heteroatoms. The zero-order chi connectivity index (χ0) is 20.8. The molecule has 0 aliphatic carbocycles. The summed E-state index contributed by atoms with van der Waals surface area (Å²) in [5.41, 5.74) is 0.710. The minimum absolute atomic E-state index is 0.147. The predicted molar refractivity (Wildman–Crippen MR) is 114 cm³/mol. The first-order valence-electron chi connectivity index (χ1n) is 8.82. The van der Waals surface area contributed by atoms with E-state index in [1.54, 1.807) is 26.1 Å². The lowest BCUT2D eigenvalue weighted by molar-refractivity contribution is -0.115. The molecule has 29 heavy (non-hydrogen) atoms. The smallest absolute Gasteiger partial charge is 0.238 e. The fourth-order valence-electron chi connectivity index (χ4n) is 2.32. The maximum atomic E-state index is 12.4. The largest absolute Gasteiger partial charge is 0.360 e. The minimum Gasteiger partial charge on any atom is -0.360 e. The second kappa shape index (κ2) is 9.66. The van der Waals surface area contributed by atoms with Crippen LogP contribution in [0.2, 0.25) is 0 Å². The molecule has 0 aliphatic heterocycles. The maximum absolute atomic E-state index is 12.4. The lowest BCUT2D eigenvalue weighted by Gasteiger charge is -2.12. The lowest BCUT2D eigenvalue weighted by Crippen LogP contribution is -2.25. The molecule has 1 unspecified atom stereocenters. The maximum Gasteiger partial charge on any atom is 0.238 e. The van der Waals surface area contributed by atoms with Crippen LogP contribution in [0.5, 0.6) is 0 Å². The summed E-state index contributed by atoms with van der Waals surface area (Å²) in [5, 5.41) is 9.72. The Bertz CT molecular complexity index is 1000. The molecule has 1 atom stereocenters. The zero-order valence-corrected chi connectivity index (χ0v) is 17.8. The van der Waals surface area contributed by atoms with E-state index in [0.29, 0.717) is 17.3 Å². The summed E-state index contributed by atoms with van der Waals surface area (Å²) in [6.07, 6.45) is 3.60. The number of carbonyl (C=O) groups is 2. The monoisotopic (exact) mass is 431 g/mol. The van der Waals surface area contributed by atoms with E-state index in [-0.39, 0.29) is 17.6 Å². The van der Waals surface area contributed by atoms with Crippen LogP contribution in [0.15, 0.2) is 57.3 Å². The van der Waals surface area contributed by atoms with Crippen LogP contribution in [0.1, 0.15) is 12.7 Å². The molecule has 0 bridgehead atoms. The molecule has 8 nitrogen and oxygen atoms in total. The molecule has 2 N–H and O–H groups in total.